The van der Waals surface area contributed by atoms with Crippen LogP contribution in [0.5, 0.6) is 0 Å². The topological polar surface area (TPSA) is 41.1 Å². The molecule has 3 unspecified atom stereocenters. The van der Waals surface area contributed by atoms with E-state index in [1.165, 1.54) is 0 Å². The predicted molar refractivity (Wildman–Crippen MR) is 93.0 cm³/mol. The molecule has 2 fully saturated rings. The molecule has 4 atom stereocenters. The van der Waals surface area contributed by atoms with E-state index < -0.39 is 0 Å². The predicted octanol–water partition coefficient (Wildman–Crippen LogP) is 3.53. The molecular weight excluding hydrogens is 272 g/mol. The Morgan fingerprint density at radius 2 is 1.77 bits per heavy atom. The van der Waals surface area contributed by atoms with Crippen molar-refractivity contribution < 1.29 is 4.79 Å². The maximum atomic E-state index is 13.0. The van der Waals surface area contributed by atoms with E-state index in [9.17, 15) is 4.79 Å². The molecule has 1 aliphatic heterocycles. The van der Waals surface area contributed by atoms with Gasteiger partial charge in [0.25, 0.3) is 0 Å². The zero-order chi connectivity index (χ0) is 16.8. The Balaban J connectivity index is 1.98. The minimum atomic E-state index is -0.214. The van der Waals surface area contributed by atoms with Gasteiger partial charge in [0.1, 0.15) is 0 Å². The van der Waals surface area contributed by atoms with Crippen molar-refractivity contribution in [3.63, 3.8) is 0 Å². The third kappa shape index (κ3) is 3.73. The third-order valence-corrected chi connectivity index (χ3v) is 5.95. The second-order valence-corrected chi connectivity index (χ2v) is 9.76. The fourth-order valence-electron chi connectivity index (χ4n) is 3.96. The van der Waals surface area contributed by atoms with Gasteiger partial charge < -0.3 is 10.6 Å². The summed E-state index contributed by atoms with van der Waals surface area (Å²) in [6, 6.07) is 0.485. The summed E-state index contributed by atoms with van der Waals surface area (Å²) >= 11 is 0. The highest BCUT2D eigenvalue weighted by Gasteiger charge is 2.52. The Morgan fingerprint density at radius 3 is 2.32 bits per heavy atom. The van der Waals surface area contributed by atoms with E-state index in [-0.39, 0.29) is 22.4 Å². The van der Waals surface area contributed by atoms with E-state index in [0.717, 1.165) is 32.2 Å². The largest absolute Gasteiger partial charge is 0.311 e. The van der Waals surface area contributed by atoms with E-state index in [2.05, 4.69) is 59.1 Å². The van der Waals surface area contributed by atoms with Crippen LogP contribution in [0.3, 0.4) is 0 Å². The van der Waals surface area contributed by atoms with Crippen LogP contribution in [0.4, 0.5) is 0 Å². The normalized spacial score (nSPS) is 34.6. The van der Waals surface area contributed by atoms with Crippen LogP contribution in [0, 0.1) is 17.3 Å². The first kappa shape index (κ1) is 17.9. The Bertz CT molecular complexity index is 418. The number of carbonyl (C=O) groups is 1. The van der Waals surface area contributed by atoms with Gasteiger partial charge in [0.2, 0.25) is 0 Å². The van der Waals surface area contributed by atoms with Gasteiger partial charge in [-0.05, 0) is 57.8 Å². The molecule has 1 spiro atoms. The zero-order valence-electron chi connectivity index (χ0n) is 15.7. The molecule has 1 saturated carbocycles. The summed E-state index contributed by atoms with van der Waals surface area (Å²) in [6.45, 7) is 16.6. The van der Waals surface area contributed by atoms with Gasteiger partial charge >= 0.3 is 0 Å². The van der Waals surface area contributed by atoms with Gasteiger partial charge in [-0.15, -0.1) is 0 Å². The van der Waals surface area contributed by atoms with Crippen LogP contribution in [0.1, 0.15) is 74.1 Å². The monoisotopic (exact) mass is 308 g/mol. The first-order chi connectivity index (χ1) is 9.95. The van der Waals surface area contributed by atoms with Gasteiger partial charge in [0.15, 0.2) is 5.78 Å². The molecule has 2 N–H and O–H groups in total. The number of rotatable bonds is 3. The molecule has 1 saturated heterocycles. The van der Waals surface area contributed by atoms with Gasteiger partial charge in [-0.1, -0.05) is 27.7 Å². The van der Waals surface area contributed by atoms with Gasteiger partial charge in [-0.25, -0.2) is 0 Å². The smallest absolute Gasteiger partial charge is 0.157 e. The quantitative estimate of drug-likeness (QED) is 0.838. The Morgan fingerprint density at radius 1 is 1.18 bits per heavy atom. The van der Waals surface area contributed by atoms with E-state index in [0.29, 0.717) is 17.7 Å². The van der Waals surface area contributed by atoms with Crippen LogP contribution in [-0.2, 0) is 4.79 Å². The average molecular weight is 309 g/mol. The molecule has 3 nitrogen and oxygen atoms in total. The van der Waals surface area contributed by atoms with Crippen LogP contribution in [0.15, 0.2) is 0 Å². The molecule has 0 radical (unpaired) electrons. The molecule has 1 aliphatic carbocycles. The van der Waals surface area contributed by atoms with Crippen molar-refractivity contribution in [3.05, 3.63) is 0 Å². The van der Waals surface area contributed by atoms with Gasteiger partial charge in [-0.3, -0.25) is 4.79 Å². The van der Waals surface area contributed by atoms with E-state index in [4.69, 9.17) is 0 Å². The SMILES string of the molecule is C[C@H](C1CCC2(CCC(CNC(C)(C)C)C2=O)N1)C(C)(C)C. The van der Waals surface area contributed by atoms with Crippen molar-refractivity contribution in [2.75, 3.05) is 6.54 Å². The summed E-state index contributed by atoms with van der Waals surface area (Å²) in [7, 11) is 0. The van der Waals surface area contributed by atoms with Crippen molar-refractivity contribution in [2.24, 2.45) is 17.3 Å². The maximum absolute atomic E-state index is 13.0. The second-order valence-electron chi connectivity index (χ2n) is 9.76. The van der Waals surface area contributed by atoms with Gasteiger partial charge in [-0.2, -0.15) is 0 Å². The highest BCUT2D eigenvalue weighted by atomic mass is 16.1. The molecule has 2 aliphatic rings. The van der Waals surface area contributed by atoms with Crippen LogP contribution in [0.25, 0.3) is 0 Å². The Labute approximate surface area is 137 Å². The zero-order valence-corrected chi connectivity index (χ0v) is 15.7. The number of Topliss-reactive ketones (excluding diaryl/α,β-unsaturated/α-hetero) is 1. The fourth-order valence-corrected chi connectivity index (χ4v) is 3.96. The molecule has 22 heavy (non-hydrogen) atoms. The summed E-state index contributed by atoms with van der Waals surface area (Å²) in [6.07, 6.45) is 4.23. The molecule has 128 valence electrons. The van der Waals surface area contributed by atoms with Crippen molar-refractivity contribution in [1.29, 1.82) is 0 Å². The van der Waals surface area contributed by atoms with Crippen LogP contribution in [0.2, 0.25) is 0 Å². The summed E-state index contributed by atoms with van der Waals surface area (Å²) in [5.74, 6) is 1.25. The molecule has 1 heterocycles. The van der Waals surface area contributed by atoms with Gasteiger partial charge in [0, 0.05) is 24.0 Å². The lowest BCUT2D eigenvalue weighted by atomic mass is 9.77. The summed E-state index contributed by atoms with van der Waals surface area (Å²) < 4.78 is 0. The molecule has 0 aromatic rings. The first-order valence-electron chi connectivity index (χ1n) is 9.02. The lowest BCUT2D eigenvalue weighted by Crippen LogP contribution is -2.51. The summed E-state index contributed by atoms with van der Waals surface area (Å²) in [4.78, 5) is 13.0. The highest BCUT2D eigenvalue weighted by molar-refractivity contribution is 5.93. The number of hydrogen-bond acceptors (Lipinski definition) is 3. The van der Waals surface area contributed by atoms with E-state index in [1.54, 1.807) is 0 Å². The second kappa shape index (κ2) is 5.90. The first-order valence-corrected chi connectivity index (χ1v) is 9.02. The molecule has 0 aromatic carbocycles. The van der Waals surface area contributed by atoms with E-state index in [1.807, 2.05) is 0 Å². The van der Waals surface area contributed by atoms with Crippen molar-refractivity contribution in [1.82, 2.24) is 10.6 Å². The Kier molecular flexibility index (Phi) is 4.81. The number of nitrogens with one attached hydrogen (secondary N) is 2. The van der Waals surface area contributed by atoms with Gasteiger partial charge in [0.05, 0.1) is 5.54 Å². The van der Waals surface area contributed by atoms with E-state index >= 15 is 0 Å². The summed E-state index contributed by atoms with van der Waals surface area (Å²) in [5.41, 5.74) is 0.162. The molecule has 0 aromatic heterocycles. The minimum absolute atomic E-state index is 0.0857. The van der Waals surface area contributed by atoms with Crippen LogP contribution >= 0.6 is 0 Å². The molecular formula is C19H36N2O. The highest BCUT2D eigenvalue weighted by Crippen LogP contribution is 2.42. The molecule has 3 heteroatoms. The average Bonchev–Trinajstić information content (AvgIpc) is 2.92. The minimum Gasteiger partial charge on any atom is -0.311 e. The Hall–Kier alpha value is -0.410. The summed E-state index contributed by atoms with van der Waals surface area (Å²) in [5, 5.41) is 7.28. The van der Waals surface area contributed by atoms with Crippen LogP contribution < -0.4 is 10.6 Å². The molecule has 2 rings (SSSR count). The molecule has 0 amide bonds. The van der Waals surface area contributed by atoms with Crippen molar-refractivity contribution in [2.45, 2.75) is 91.3 Å². The van der Waals surface area contributed by atoms with Crippen LogP contribution in [-0.4, -0.2) is 29.4 Å². The maximum Gasteiger partial charge on any atom is 0.157 e. The fraction of sp³-hybridized carbons (Fsp3) is 0.947. The third-order valence-electron chi connectivity index (χ3n) is 5.95. The number of hydrogen-bond donors (Lipinski definition) is 2. The number of ketones is 1. The standard InChI is InChI=1S/C19H36N2O/c1-13(17(2,3)4)15-9-11-19(21-15)10-8-14(16(19)22)12-20-18(5,6)7/h13-15,20-21H,8-12H2,1-7H3/t13-,14?,15?,19?/m1/s1. The van der Waals surface area contributed by atoms with Crippen molar-refractivity contribution in [3.8, 4) is 0 Å². The lowest BCUT2D eigenvalue weighted by Gasteiger charge is -2.34. The number of carbonyl (C=O) groups excluding carboxylic acids is 1. The molecule has 0 bridgehead atoms. The van der Waals surface area contributed by atoms with Crippen molar-refractivity contribution >= 4 is 5.78 Å². The lowest BCUT2D eigenvalue weighted by molar-refractivity contribution is -0.125.